The lowest BCUT2D eigenvalue weighted by Crippen LogP contribution is -2.56. The molecule has 0 aromatic carbocycles. The minimum atomic E-state index is 0.628. The smallest absolute Gasteiger partial charge is 0.0161 e. The van der Waals surface area contributed by atoms with E-state index in [0.717, 1.165) is 17.8 Å². The lowest BCUT2D eigenvalue weighted by atomic mass is 9.47. The zero-order valence-electron chi connectivity index (χ0n) is 12.9. The molecule has 4 bridgehead atoms. The van der Waals surface area contributed by atoms with Crippen LogP contribution in [0.15, 0.2) is 12.2 Å². The van der Waals surface area contributed by atoms with Crippen molar-refractivity contribution in [2.45, 2.75) is 71.3 Å². The topological polar surface area (TPSA) is 12.0 Å². The van der Waals surface area contributed by atoms with Crippen LogP contribution >= 0.6 is 0 Å². The van der Waals surface area contributed by atoms with Crippen LogP contribution < -0.4 is 5.32 Å². The fraction of sp³-hybridized carbons (Fsp3) is 0.889. The molecular weight excluding hydrogens is 230 g/mol. The van der Waals surface area contributed by atoms with E-state index in [1.54, 1.807) is 19.3 Å². The Balaban J connectivity index is 1.77. The largest absolute Gasteiger partial charge is 0.313 e. The number of rotatable bonds is 6. The maximum Gasteiger partial charge on any atom is 0.0161 e. The van der Waals surface area contributed by atoms with Crippen molar-refractivity contribution in [3.8, 4) is 0 Å². The minimum absolute atomic E-state index is 0.628. The number of hydrogen-bond donors (Lipinski definition) is 1. The first-order valence-electron chi connectivity index (χ1n) is 8.49. The summed E-state index contributed by atoms with van der Waals surface area (Å²) < 4.78 is 0. The fourth-order valence-corrected chi connectivity index (χ4v) is 5.78. The average Bonchev–Trinajstić information content (AvgIpc) is 2.32. The SMILES string of the molecule is C=C(C)CC(NCCC)C12CC3CC(CC(C3)C1)C2. The standard InChI is InChI=1S/C18H31N/c1-4-5-19-17(6-13(2)3)18-10-14-7-15(11-18)9-16(8-14)12-18/h14-17,19H,2,4-12H2,1,3H3. The Morgan fingerprint density at radius 1 is 1.16 bits per heavy atom. The fourth-order valence-electron chi connectivity index (χ4n) is 5.78. The second-order valence-corrected chi connectivity index (χ2v) is 7.95. The molecule has 4 aliphatic rings. The summed E-state index contributed by atoms with van der Waals surface area (Å²) in [5.41, 5.74) is 1.99. The van der Waals surface area contributed by atoms with Gasteiger partial charge in [0.2, 0.25) is 0 Å². The highest BCUT2D eigenvalue weighted by atomic mass is 14.9. The maximum atomic E-state index is 4.19. The third kappa shape index (κ3) is 2.63. The molecule has 0 aromatic rings. The van der Waals surface area contributed by atoms with Crippen molar-refractivity contribution in [2.75, 3.05) is 6.54 Å². The molecule has 4 saturated carbocycles. The normalized spacial score (nSPS) is 41.5. The van der Waals surface area contributed by atoms with Gasteiger partial charge in [0.25, 0.3) is 0 Å². The lowest BCUT2D eigenvalue weighted by molar-refractivity contribution is -0.0735. The van der Waals surface area contributed by atoms with Crippen LogP contribution in [0.4, 0.5) is 0 Å². The molecule has 19 heavy (non-hydrogen) atoms. The number of hydrogen-bond acceptors (Lipinski definition) is 1. The van der Waals surface area contributed by atoms with Gasteiger partial charge in [0.05, 0.1) is 0 Å². The average molecular weight is 261 g/mol. The summed E-state index contributed by atoms with van der Waals surface area (Å²) in [7, 11) is 0. The van der Waals surface area contributed by atoms with Crippen molar-refractivity contribution in [3.63, 3.8) is 0 Å². The van der Waals surface area contributed by atoms with Crippen molar-refractivity contribution in [3.05, 3.63) is 12.2 Å². The van der Waals surface area contributed by atoms with E-state index in [-0.39, 0.29) is 0 Å². The van der Waals surface area contributed by atoms with Gasteiger partial charge < -0.3 is 5.32 Å². The summed E-state index contributed by atoms with van der Waals surface area (Å²) in [4.78, 5) is 0. The Labute approximate surface area is 119 Å². The second kappa shape index (κ2) is 5.24. The quantitative estimate of drug-likeness (QED) is 0.692. The van der Waals surface area contributed by atoms with Crippen molar-refractivity contribution < 1.29 is 0 Å². The first kappa shape index (κ1) is 13.7. The summed E-state index contributed by atoms with van der Waals surface area (Å²) >= 11 is 0. The van der Waals surface area contributed by atoms with Gasteiger partial charge in [-0.25, -0.2) is 0 Å². The number of nitrogens with one attached hydrogen (secondary N) is 1. The highest BCUT2D eigenvalue weighted by Crippen LogP contribution is 2.61. The Morgan fingerprint density at radius 3 is 2.11 bits per heavy atom. The van der Waals surface area contributed by atoms with Crippen molar-refractivity contribution in [2.24, 2.45) is 23.2 Å². The Morgan fingerprint density at radius 2 is 1.68 bits per heavy atom. The molecule has 1 heteroatoms. The van der Waals surface area contributed by atoms with Gasteiger partial charge in [-0.3, -0.25) is 0 Å². The maximum absolute atomic E-state index is 4.19. The summed E-state index contributed by atoms with van der Waals surface area (Å²) in [6.07, 6.45) is 11.6. The predicted octanol–water partition coefficient (Wildman–Crippen LogP) is 4.54. The lowest BCUT2D eigenvalue weighted by Gasteiger charge is -2.59. The molecular formula is C18H31N. The van der Waals surface area contributed by atoms with Crippen LogP contribution in [-0.2, 0) is 0 Å². The molecule has 0 amide bonds. The van der Waals surface area contributed by atoms with Crippen LogP contribution in [-0.4, -0.2) is 12.6 Å². The zero-order chi connectivity index (χ0) is 13.5. The van der Waals surface area contributed by atoms with Crippen molar-refractivity contribution >= 4 is 0 Å². The summed E-state index contributed by atoms with van der Waals surface area (Å²) in [6.45, 7) is 9.86. The van der Waals surface area contributed by atoms with Crippen LogP contribution in [0.25, 0.3) is 0 Å². The zero-order valence-corrected chi connectivity index (χ0v) is 12.9. The van der Waals surface area contributed by atoms with Crippen LogP contribution in [0.2, 0.25) is 0 Å². The molecule has 0 saturated heterocycles. The summed E-state index contributed by atoms with van der Waals surface area (Å²) in [6, 6.07) is 0.707. The van der Waals surface area contributed by atoms with Gasteiger partial charge in [0, 0.05) is 6.04 Å². The predicted molar refractivity (Wildman–Crippen MR) is 82.1 cm³/mol. The van der Waals surface area contributed by atoms with E-state index in [0.29, 0.717) is 11.5 Å². The first-order chi connectivity index (χ1) is 9.11. The summed E-state index contributed by atoms with van der Waals surface area (Å²) in [5, 5.41) is 3.90. The van der Waals surface area contributed by atoms with Gasteiger partial charge in [-0.1, -0.05) is 12.5 Å². The molecule has 1 N–H and O–H groups in total. The highest BCUT2D eigenvalue weighted by Gasteiger charge is 2.53. The van der Waals surface area contributed by atoms with E-state index < -0.39 is 0 Å². The minimum Gasteiger partial charge on any atom is -0.313 e. The van der Waals surface area contributed by atoms with E-state index in [9.17, 15) is 0 Å². The van der Waals surface area contributed by atoms with E-state index in [1.807, 2.05) is 0 Å². The van der Waals surface area contributed by atoms with Crippen molar-refractivity contribution in [1.82, 2.24) is 5.32 Å². The highest BCUT2D eigenvalue weighted by molar-refractivity contribution is 5.09. The molecule has 1 unspecified atom stereocenters. The van der Waals surface area contributed by atoms with Gasteiger partial charge in [0.1, 0.15) is 0 Å². The first-order valence-corrected chi connectivity index (χ1v) is 8.49. The van der Waals surface area contributed by atoms with Gasteiger partial charge in [0.15, 0.2) is 0 Å². The van der Waals surface area contributed by atoms with E-state index in [4.69, 9.17) is 0 Å². The molecule has 1 atom stereocenters. The van der Waals surface area contributed by atoms with Gasteiger partial charge >= 0.3 is 0 Å². The molecule has 0 spiro atoms. The van der Waals surface area contributed by atoms with E-state index in [1.165, 1.54) is 44.2 Å². The Hall–Kier alpha value is -0.300. The molecule has 0 heterocycles. The third-order valence-corrected chi connectivity index (χ3v) is 6.02. The van der Waals surface area contributed by atoms with Gasteiger partial charge in [-0.05, 0) is 88.0 Å². The molecule has 4 aliphatic carbocycles. The van der Waals surface area contributed by atoms with Gasteiger partial charge in [-0.15, -0.1) is 6.58 Å². The van der Waals surface area contributed by atoms with Gasteiger partial charge in [-0.2, -0.15) is 0 Å². The molecule has 0 aromatic heterocycles. The molecule has 0 aliphatic heterocycles. The second-order valence-electron chi connectivity index (χ2n) is 7.95. The molecule has 4 rings (SSSR count). The molecule has 4 fully saturated rings. The van der Waals surface area contributed by atoms with E-state index in [2.05, 4.69) is 25.7 Å². The molecule has 108 valence electrons. The summed E-state index contributed by atoms with van der Waals surface area (Å²) in [5.74, 6) is 3.17. The van der Waals surface area contributed by atoms with E-state index >= 15 is 0 Å². The van der Waals surface area contributed by atoms with Crippen LogP contribution in [0.5, 0.6) is 0 Å². The Bertz CT molecular complexity index is 308. The molecule has 0 radical (unpaired) electrons. The van der Waals surface area contributed by atoms with Crippen LogP contribution in [0.3, 0.4) is 0 Å². The third-order valence-electron chi connectivity index (χ3n) is 6.02. The van der Waals surface area contributed by atoms with Crippen molar-refractivity contribution in [1.29, 1.82) is 0 Å². The van der Waals surface area contributed by atoms with Crippen LogP contribution in [0, 0.1) is 23.2 Å². The Kier molecular flexibility index (Phi) is 3.77. The molecule has 1 nitrogen and oxygen atoms in total. The van der Waals surface area contributed by atoms with Crippen LogP contribution in [0.1, 0.15) is 65.2 Å². The monoisotopic (exact) mass is 261 g/mol.